The van der Waals surface area contributed by atoms with E-state index in [1.165, 1.54) is 0 Å². The Balaban J connectivity index is 2.05. The molecule has 1 unspecified atom stereocenters. The summed E-state index contributed by atoms with van der Waals surface area (Å²) in [6.45, 7) is 1.74. The summed E-state index contributed by atoms with van der Waals surface area (Å²) in [5.74, 6) is 0.438. The first-order chi connectivity index (χ1) is 8.18. The molecule has 5 heteroatoms. The van der Waals surface area contributed by atoms with E-state index >= 15 is 0 Å². The summed E-state index contributed by atoms with van der Waals surface area (Å²) in [4.78, 5) is 29.6. The molecule has 1 aromatic heterocycles. The molecule has 88 valence electrons. The van der Waals surface area contributed by atoms with E-state index in [4.69, 9.17) is 0 Å². The van der Waals surface area contributed by atoms with Crippen molar-refractivity contribution in [3.63, 3.8) is 0 Å². The van der Waals surface area contributed by atoms with Crippen molar-refractivity contribution in [2.45, 2.75) is 25.8 Å². The number of carbonyl (C=O) groups excluding carboxylic acids is 2. The second kappa shape index (κ2) is 3.55. The quantitative estimate of drug-likeness (QED) is 0.789. The first-order valence-corrected chi connectivity index (χ1v) is 5.77. The highest BCUT2D eigenvalue weighted by atomic mass is 16.2. The molecule has 1 saturated carbocycles. The van der Waals surface area contributed by atoms with Crippen LogP contribution in [0.2, 0.25) is 0 Å². The van der Waals surface area contributed by atoms with Gasteiger partial charge in [0.05, 0.1) is 5.69 Å². The van der Waals surface area contributed by atoms with E-state index in [0.29, 0.717) is 11.5 Å². The van der Waals surface area contributed by atoms with Gasteiger partial charge in [0.1, 0.15) is 6.04 Å². The van der Waals surface area contributed by atoms with Crippen molar-refractivity contribution in [3.8, 4) is 0 Å². The zero-order valence-electron chi connectivity index (χ0n) is 9.51. The summed E-state index contributed by atoms with van der Waals surface area (Å²) in [6.07, 6.45) is 3.47. The highest BCUT2D eigenvalue weighted by Crippen LogP contribution is 2.37. The van der Waals surface area contributed by atoms with Crippen molar-refractivity contribution in [2.75, 3.05) is 10.2 Å². The van der Waals surface area contributed by atoms with Gasteiger partial charge in [-0.3, -0.25) is 14.5 Å². The van der Waals surface area contributed by atoms with Crippen LogP contribution in [-0.4, -0.2) is 22.8 Å². The Morgan fingerprint density at radius 2 is 2.29 bits per heavy atom. The maximum absolute atomic E-state index is 12.2. The van der Waals surface area contributed by atoms with Crippen LogP contribution in [0.4, 0.5) is 11.5 Å². The van der Waals surface area contributed by atoms with Gasteiger partial charge in [-0.15, -0.1) is 0 Å². The minimum Gasteiger partial charge on any atom is -0.307 e. The fourth-order valence-corrected chi connectivity index (χ4v) is 2.07. The van der Waals surface area contributed by atoms with Crippen LogP contribution in [0.3, 0.4) is 0 Å². The Morgan fingerprint density at radius 1 is 1.53 bits per heavy atom. The first-order valence-electron chi connectivity index (χ1n) is 5.77. The summed E-state index contributed by atoms with van der Waals surface area (Å²) in [5, 5.41) is 2.71. The van der Waals surface area contributed by atoms with E-state index in [1.54, 1.807) is 24.1 Å². The molecule has 2 heterocycles. The third-order valence-electron chi connectivity index (χ3n) is 3.22. The number of fused-ring (bicyclic) bond motifs is 1. The molecule has 1 aromatic rings. The molecule has 5 nitrogen and oxygen atoms in total. The first kappa shape index (κ1) is 10.3. The Bertz CT molecular complexity index is 496. The van der Waals surface area contributed by atoms with Crippen molar-refractivity contribution in [1.29, 1.82) is 0 Å². The van der Waals surface area contributed by atoms with Crippen molar-refractivity contribution in [3.05, 3.63) is 18.3 Å². The fraction of sp³-hybridized carbons (Fsp3) is 0.417. The van der Waals surface area contributed by atoms with Gasteiger partial charge < -0.3 is 5.32 Å². The Hall–Kier alpha value is -1.91. The topological polar surface area (TPSA) is 62.3 Å². The number of amides is 2. The average Bonchev–Trinajstić information content (AvgIpc) is 3.14. The molecular weight excluding hydrogens is 218 g/mol. The van der Waals surface area contributed by atoms with Crippen LogP contribution in [-0.2, 0) is 9.59 Å². The Labute approximate surface area is 98.8 Å². The van der Waals surface area contributed by atoms with E-state index in [2.05, 4.69) is 10.3 Å². The largest absolute Gasteiger partial charge is 0.307 e. The number of anilines is 2. The van der Waals surface area contributed by atoms with Crippen molar-refractivity contribution < 1.29 is 9.59 Å². The lowest BCUT2D eigenvalue weighted by atomic mass is 10.1. The minimum atomic E-state index is -0.459. The molecule has 0 spiro atoms. The second-order valence-electron chi connectivity index (χ2n) is 4.52. The molecule has 2 aliphatic rings. The fourth-order valence-electron chi connectivity index (χ4n) is 2.07. The van der Waals surface area contributed by atoms with E-state index in [0.717, 1.165) is 12.8 Å². The van der Waals surface area contributed by atoms with Gasteiger partial charge in [0.25, 0.3) is 0 Å². The normalized spacial score (nSPS) is 23.0. The maximum Gasteiger partial charge on any atom is 0.248 e. The molecule has 1 aliphatic carbocycles. The number of nitrogens with one attached hydrogen (secondary N) is 1. The SMILES string of the molecule is CC1C(=O)Nc2ncccc2N1C(=O)C1CC1. The van der Waals surface area contributed by atoms with Crippen LogP contribution < -0.4 is 10.2 Å². The number of aromatic nitrogens is 1. The minimum absolute atomic E-state index is 0.0431. The van der Waals surface area contributed by atoms with Crippen LogP contribution >= 0.6 is 0 Å². The maximum atomic E-state index is 12.2. The Morgan fingerprint density at radius 3 is 3.00 bits per heavy atom. The third-order valence-corrected chi connectivity index (χ3v) is 3.22. The molecule has 1 aliphatic heterocycles. The van der Waals surface area contributed by atoms with Gasteiger partial charge in [0.15, 0.2) is 5.82 Å². The summed E-state index contributed by atoms with van der Waals surface area (Å²) in [5.41, 5.74) is 0.705. The summed E-state index contributed by atoms with van der Waals surface area (Å²) >= 11 is 0. The molecule has 1 fully saturated rings. The molecule has 0 aromatic carbocycles. The molecule has 0 bridgehead atoms. The average molecular weight is 231 g/mol. The molecule has 17 heavy (non-hydrogen) atoms. The molecule has 0 saturated heterocycles. The van der Waals surface area contributed by atoms with E-state index < -0.39 is 6.04 Å². The molecule has 3 rings (SSSR count). The van der Waals surface area contributed by atoms with Gasteiger partial charge in [0.2, 0.25) is 11.8 Å². The van der Waals surface area contributed by atoms with Crippen LogP contribution in [0, 0.1) is 5.92 Å². The van der Waals surface area contributed by atoms with Crippen molar-refractivity contribution in [1.82, 2.24) is 4.98 Å². The monoisotopic (exact) mass is 231 g/mol. The molecule has 2 amide bonds. The predicted octanol–water partition coefficient (Wildman–Crippen LogP) is 1.17. The van der Waals surface area contributed by atoms with Crippen LogP contribution in [0.1, 0.15) is 19.8 Å². The van der Waals surface area contributed by atoms with Crippen molar-refractivity contribution in [2.24, 2.45) is 5.92 Å². The second-order valence-corrected chi connectivity index (χ2v) is 4.52. The summed E-state index contributed by atoms with van der Waals surface area (Å²) < 4.78 is 0. The van der Waals surface area contributed by atoms with Gasteiger partial charge >= 0.3 is 0 Å². The summed E-state index contributed by atoms with van der Waals surface area (Å²) in [6, 6.07) is 3.13. The zero-order chi connectivity index (χ0) is 12.0. The van der Waals surface area contributed by atoms with E-state index in [9.17, 15) is 9.59 Å². The lowest BCUT2D eigenvalue weighted by Gasteiger charge is -2.33. The lowest BCUT2D eigenvalue weighted by molar-refractivity contribution is -0.124. The predicted molar refractivity (Wildman–Crippen MR) is 62.5 cm³/mol. The number of hydrogen-bond donors (Lipinski definition) is 1. The van der Waals surface area contributed by atoms with Crippen molar-refractivity contribution >= 4 is 23.3 Å². The standard InChI is InChI=1S/C12H13N3O2/c1-7-11(16)14-10-9(3-2-6-13-10)15(7)12(17)8-4-5-8/h2-3,6-8H,4-5H2,1H3,(H,13,14,16). The van der Waals surface area contributed by atoms with E-state index in [-0.39, 0.29) is 17.7 Å². The van der Waals surface area contributed by atoms with Gasteiger partial charge in [-0.05, 0) is 31.9 Å². The zero-order valence-corrected chi connectivity index (χ0v) is 9.51. The lowest BCUT2D eigenvalue weighted by Crippen LogP contribution is -2.50. The molecule has 1 N–H and O–H groups in total. The number of carbonyl (C=O) groups is 2. The highest BCUT2D eigenvalue weighted by Gasteiger charge is 2.41. The van der Waals surface area contributed by atoms with Crippen LogP contribution in [0.25, 0.3) is 0 Å². The molecular formula is C12H13N3O2. The van der Waals surface area contributed by atoms with Gasteiger partial charge in [-0.1, -0.05) is 0 Å². The molecule has 1 atom stereocenters. The van der Waals surface area contributed by atoms with Gasteiger partial charge in [-0.25, -0.2) is 4.98 Å². The Kier molecular flexibility index (Phi) is 2.14. The van der Waals surface area contributed by atoms with Gasteiger partial charge in [0, 0.05) is 12.1 Å². The third kappa shape index (κ3) is 1.58. The number of rotatable bonds is 1. The molecule has 0 radical (unpaired) electrons. The number of hydrogen-bond acceptors (Lipinski definition) is 3. The summed E-state index contributed by atoms with van der Waals surface area (Å²) in [7, 11) is 0. The van der Waals surface area contributed by atoms with E-state index in [1.807, 2.05) is 6.07 Å². The smallest absolute Gasteiger partial charge is 0.248 e. The number of pyridine rings is 1. The highest BCUT2D eigenvalue weighted by molar-refractivity contribution is 6.11. The van der Waals surface area contributed by atoms with Crippen LogP contribution in [0.5, 0.6) is 0 Å². The number of nitrogens with zero attached hydrogens (tertiary/aromatic N) is 2. The van der Waals surface area contributed by atoms with Crippen LogP contribution in [0.15, 0.2) is 18.3 Å². The van der Waals surface area contributed by atoms with Gasteiger partial charge in [-0.2, -0.15) is 0 Å².